The van der Waals surface area contributed by atoms with Crippen molar-refractivity contribution in [3.8, 4) is 5.69 Å². The summed E-state index contributed by atoms with van der Waals surface area (Å²) in [4.78, 5) is 23.4. The van der Waals surface area contributed by atoms with Crippen LogP contribution in [-0.4, -0.2) is 40.9 Å². The minimum Gasteiger partial charge on any atom is -0.383 e. The zero-order valence-electron chi connectivity index (χ0n) is 15.5. The average molecular weight is 416 g/mol. The van der Waals surface area contributed by atoms with Crippen molar-refractivity contribution >= 4 is 34.6 Å². The number of anilines is 2. The summed E-state index contributed by atoms with van der Waals surface area (Å²) in [6, 6.07) is 11.0. The van der Waals surface area contributed by atoms with Gasteiger partial charge < -0.3 is 15.4 Å². The molecule has 0 spiro atoms. The minimum absolute atomic E-state index is 0.154. The van der Waals surface area contributed by atoms with Gasteiger partial charge >= 0.3 is 0 Å². The maximum atomic E-state index is 12.6. The SMILES string of the molecule is COCCNc1ccc(C(=O)Nc2ccc(-n3cccn3)c(Cl)c2)cc1[N+](=O)[O-]. The Kier molecular flexibility index (Phi) is 6.43. The topological polar surface area (TPSA) is 111 Å². The van der Waals surface area contributed by atoms with Gasteiger partial charge in [-0.05, 0) is 36.4 Å². The first-order chi connectivity index (χ1) is 14.0. The summed E-state index contributed by atoms with van der Waals surface area (Å²) in [6.45, 7) is 0.804. The van der Waals surface area contributed by atoms with Gasteiger partial charge in [0.2, 0.25) is 0 Å². The molecule has 0 fully saturated rings. The molecule has 2 aromatic carbocycles. The van der Waals surface area contributed by atoms with Crippen molar-refractivity contribution in [3.63, 3.8) is 0 Å². The van der Waals surface area contributed by atoms with Gasteiger partial charge in [-0.1, -0.05) is 11.6 Å². The number of methoxy groups -OCH3 is 1. The molecule has 3 aromatic rings. The number of nitrogens with zero attached hydrogens (tertiary/aromatic N) is 3. The van der Waals surface area contributed by atoms with Crippen molar-refractivity contribution in [3.05, 3.63) is 75.6 Å². The fraction of sp³-hybridized carbons (Fsp3) is 0.158. The van der Waals surface area contributed by atoms with E-state index < -0.39 is 10.8 Å². The van der Waals surface area contributed by atoms with E-state index in [4.69, 9.17) is 16.3 Å². The zero-order valence-corrected chi connectivity index (χ0v) is 16.2. The van der Waals surface area contributed by atoms with E-state index in [1.165, 1.54) is 25.3 Å². The Labute approximate surface area is 171 Å². The van der Waals surface area contributed by atoms with Gasteiger partial charge in [0.25, 0.3) is 11.6 Å². The molecule has 0 atom stereocenters. The van der Waals surface area contributed by atoms with Crippen molar-refractivity contribution < 1.29 is 14.5 Å². The number of hydrogen-bond acceptors (Lipinski definition) is 6. The summed E-state index contributed by atoms with van der Waals surface area (Å²) >= 11 is 6.28. The van der Waals surface area contributed by atoms with Crippen LogP contribution in [0.15, 0.2) is 54.9 Å². The normalized spacial score (nSPS) is 10.6. The average Bonchev–Trinajstić information content (AvgIpc) is 3.22. The van der Waals surface area contributed by atoms with E-state index in [0.29, 0.717) is 35.2 Å². The number of nitro groups is 1. The van der Waals surface area contributed by atoms with E-state index in [9.17, 15) is 14.9 Å². The first-order valence-corrected chi connectivity index (χ1v) is 8.99. The maximum absolute atomic E-state index is 12.6. The number of ether oxygens (including phenoxy) is 1. The largest absolute Gasteiger partial charge is 0.383 e. The monoisotopic (exact) mass is 415 g/mol. The Balaban J connectivity index is 1.77. The molecule has 1 amide bonds. The van der Waals surface area contributed by atoms with E-state index in [-0.39, 0.29) is 11.3 Å². The van der Waals surface area contributed by atoms with Gasteiger partial charge in [-0.25, -0.2) is 4.68 Å². The van der Waals surface area contributed by atoms with Crippen LogP contribution in [0.5, 0.6) is 0 Å². The van der Waals surface area contributed by atoms with Gasteiger partial charge in [0.15, 0.2) is 0 Å². The van der Waals surface area contributed by atoms with E-state index in [1.54, 1.807) is 41.3 Å². The minimum atomic E-state index is -0.540. The molecule has 0 unspecified atom stereocenters. The third-order valence-corrected chi connectivity index (χ3v) is 4.34. The number of benzene rings is 2. The second-order valence-corrected chi connectivity index (χ2v) is 6.39. The molecule has 1 aromatic heterocycles. The zero-order chi connectivity index (χ0) is 20.8. The number of halogens is 1. The predicted molar refractivity (Wildman–Crippen MR) is 110 cm³/mol. The van der Waals surface area contributed by atoms with Crippen LogP contribution in [0.2, 0.25) is 5.02 Å². The molecule has 0 aliphatic rings. The molecule has 29 heavy (non-hydrogen) atoms. The summed E-state index contributed by atoms with van der Waals surface area (Å²) in [5.74, 6) is -0.487. The lowest BCUT2D eigenvalue weighted by Crippen LogP contribution is -2.14. The fourth-order valence-electron chi connectivity index (χ4n) is 2.65. The highest BCUT2D eigenvalue weighted by Crippen LogP contribution is 2.27. The quantitative estimate of drug-likeness (QED) is 0.329. The highest BCUT2D eigenvalue weighted by Gasteiger charge is 2.18. The molecule has 0 saturated heterocycles. The first kappa shape index (κ1) is 20.3. The molecule has 9 nitrogen and oxygen atoms in total. The third-order valence-electron chi connectivity index (χ3n) is 4.04. The predicted octanol–water partition coefficient (Wildman–Crippen LogP) is 3.74. The van der Waals surface area contributed by atoms with Crippen molar-refractivity contribution in [2.24, 2.45) is 0 Å². The van der Waals surface area contributed by atoms with E-state index in [0.717, 1.165) is 0 Å². The Hall–Kier alpha value is -3.43. The molecular formula is C19H18ClN5O4. The number of hydrogen-bond donors (Lipinski definition) is 2. The number of nitro benzene ring substituents is 1. The van der Waals surface area contributed by atoms with Gasteiger partial charge in [-0.15, -0.1) is 0 Å². The number of aromatic nitrogens is 2. The lowest BCUT2D eigenvalue weighted by molar-refractivity contribution is -0.384. The molecule has 10 heteroatoms. The summed E-state index contributed by atoms with van der Waals surface area (Å²) in [5.41, 5.74) is 1.40. The van der Waals surface area contributed by atoms with E-state index in [1.807, 2.05) is 0 Å². The van der Waals surface area contributed by atoms with Gasteiger partial charge in [0, 0.05) is 43.4 Å². The molecule has 150 valence electrons. The molecule has 0 radical (unpaired) electrons. The van der Waals surface area contributed by atoms with Gasteiger partial charge in [-0.2, -0.15) is 5.10 Å². The summed E-state index contributed by atoms with van der Waals surface area (Å²) in [6.07, 6.45) is 3.38. The Bertz CT molecular complexity index is 1020. The van der Waals surface area contributed by atoms with E-state index >= 15 is 0 Å². The van der Waals surface area contributed by atoms with Crippen LogP contribution in [0.4, 0.5) is 17.1 Å². The lowest BCUT2D eigenvalue weighted by Gasteiger charge is -2.10. The number of carbonyl (C=O) groups is 1. The number of nitrogens with one attached hydrogen (secondary N) is 2. The number of rotatable bonds is 8. The van der Waals surface area contributed by atoms with Crippen molar-refractivity contribution in [1.82, 2.24) is 9.78 Å². The van der Waals surface area contributed by atoms with Crippen LogP contribution in [0.1, 0.15) is 10.4 Å². The van der Waals surface area contributed by atoms with Crippen molar-refractivity contribution in [1.29, 1.82) is 0 Å². The Morgan fingerprint density at radius 3 is 2.79 bits per heavy atom. The molecule has 1 heterocycles. The van der Waals surface area contributed by atoms with Crippen molar-refractivity contribution in [2.75, 3.05) is 30.9 Å². The molecular weight excluding hydrogens is 398 g/mol. The second-order valence-electron chi connectivity index (χ2n) is 5.98. The Morgan fingerprint density at radius 2 is 2.14 bits per heavy atom. The summed E-state index contributed by atoms with van der Waals surface area (Å²) < 4.78 is 6.52. The summed E-state index contributed by atoms with van der Waals surface area (Å²) in [5, 5.41) is 21.5. The van der Waals surface area contributed by atoms with Crippen LogP contribution < -0.4 is 10.6 Å². The summed E-state index contributed by atoms with van der Waals surface area (Å²) in [7, 11) is 1.54. The third kappa shape index (κ3) is 4.89. The highest BCUT2D eigenvalue weighted by molar-refractivity contribution is 6.32. The maximum Gasteiger partial charge on any atom is 0.293 e. The van der Waals surface area contributed by atoms with Crippen LogP contribution in [-0.2, 0) is 4.74 Å². The lowest BCUT2D eigenvalue weighted by atomic mass is 10.1. The standard InChI is InChI=1S/C19H18ClN5O4/c1-29-10-8-21-16-5-3-13(11-18(16)25(27)28)19(26)23-14-4-6-17(15(20)12-14)24-9-2-7-22-24/h2-7,9,11-12,21H,8,10H2,1H3,(H,23,26). The molecule has 3 rings (SSSR count). The molecule has 0 bridgehead atoms. The number of amides is 1. The highest BCUT2D eigenvalue weighted by atomic mass is 35.5. The van der Waals surface area contributed by atoms with Crippen molar-refractivity contribution in [2.45, 2.75) is 0 Å². The van der Waals surface area contributed by atoms with Crippen LogP contribution in [0, 0.1) is 10.1 Å². The number of carbonyl (C=O) groups excluding carboxylic acids is 1. The first-order valence-electron chi connectivity index (χ1n) is 8.62. The molecule has 0 aliphatic heterocycles. The second kappa shape index (κ2) is 9.18. The van der Waals surface area contributed by atoms with Gasteiger partial charge in [0.05, 0.1) is 22.2 Å². The van der Waals surface area contributed by atoms with Gasteiger partial charge in [0.1, 0.15) is 5.69 Å². The fourth-order valence-corrected chi connectivity index (χ4v) is 2.91. The van der Waals surface area contributed by atoms with Gasteiger partial charge in [-0.3, -0.25) is 14.9 Å². The van der Waals surface area contributed by atoms with Crippen LogP contribution >= 0.6 is 11.6 Å². The van der Waals surface area contributed by atoms with Crippen LogP contribution in [0.25, 0.3) is 5.69 Å². The molecule has 2 N–H and O–H groups in total. The smallest absolute Gasteiger partial charge is 0.293 e. The van der Waals surface area contributed by atoms with Crippen LogP contribution in [0.3, 0.4) is 0 Å². The molecule has 0 saturated carbocycles. The Morgan fingerprint density at radius 1 is 1.31 bits per heavy atom. The van der Waals surface area contributed by atoms with E-state index in [2.05, 4.69) is 15.7 Å². The molecule has 0 aliphatic carbocycles.